The largest absolute Gasteiger partial charge is 0.463 e. The third-order valence-electron chi connectivity index (χ3n) is 8.95. The van der Waals surface area contributed by atoms with Crippen molar-refractivity contribution in [2.45, 2.75) is 77.5 Å². The van der Waals surface area contributed by atoms with Crippen LogP contribution in [0.1, 0.15) is 44.5 Å². The molecule has 3 amide bonds. The number of halogens is 2. The van der Waals surface area contributed by atoms with Gasteiger partial charge in [0.05, 0.1) is 12.6 Å². The molecule has 0 aliphatic rings. The Morgan fingerprint density at radius 1 is 0.982 bits per heavy atom. The second-order valence-electron chi connectivity index (χ2n) is 15.8. The number of benzene rings is 2. The Morgan fingerprint density at radius 2 is 1.68 bits per heavy atom. The molecule has 12 nitrogen and oxygen atoms in total. The highest BCUT2D eigenvalue weighted by molar-refractivity contribution is 7.98. The number of nitrogens with one attached hydrogen (secondary N) is 2. The lowest BCUT2D eigenvalue weighted by molar-refractivity contribution is -0.147. The molecule has 2 aromatic carbocycles. The highest BCUT2D eigenvalue weighted by Gasteiger charge is 2.38. The van der Waals surface area contributed by atoms with E-state index in [0.29, 0.717) is 29.6 Å². The van der Waals surface area contributed by atoms with Gasteiger partial charge in [0.2, 0.25) is 11.8 Å². The lowest BCUT2D eigenvalue weighted by Gasteiger charge is -2.41. The van der Waals surface area contributed by atoms with Gasteiger partial charge in [0.25, 0.3) is 0 Å². The predicted octanol–water partition coefficient (Wildman–Crippen LogP) is 5.56. The Labute approximate surface area is 333 Å². The molecule has 0 radical (unpaired) electrons. The fraction of sp³-hybridized carbons (Fsp3) is 0.500. The zero-order valence-corrected chi connectivity index (χ0v) is 35.2. The fourth-order valence-corrected chi connectivity index (χ4v) is 7.05. The van der Waals surface area contributed by atoms with E-state index in [0.717, 1.165) is 23.8 Å². The number of alkyl carbamates (subject to hydrolysis) is 1. The third kappa shape index (κ3) is 14.0. The first kappa shape index (κ1) is 46.1. The maximum atomic E-state index is 15.2. The Morgan fingerprint density at radius 3 is 2.29 bits per heavy atom. The van der Waals surface area contributed by atoms with Crippen LogP contribution >= 0.6 is 11.8 Å². The number of nitrogens with two attached hydrogens (primary N) is 1. The second kappa shape index (κ2) is 21.3. The molecule has 3 atom stereocenters. The van der Waals surface area contributed by atoms with Crippen LogP contribution in [-0.2, 0) is 30.4 Å². The summed E-state index contributed by atoms with van der Waals surface area (Å²) in [5, 5.41) is 15.5. The van der Waals surface area contributed by atoms with Crippen molar-refractivity contribution < 1.29 is 42.5 Å². The molecule has 5 N–H and O–H groups in total. The van der Waals surface area contributed by atoms with Crippen molar-refractivity contribution >= 4 is 43.7 Å². The summed E-state index contributed by atoms with van der Waals surface area (Å²) < 4.78 is 42.1. The van der Waals surface area contributed by atoms with Gasteiger partial charge in [0.1, 0.15) is 36.9 Å². The topological polar surface area (TPSA) is 165 Å². The standard InChI is InChI=1S/C40H57F2N5O7SSi/c1-40(2,3)36(34-21-28(30-22-29(41)13-14-31(30)42)25-46(34)24-27-11-9-8-10-12-27)47(35(49)26-48)16-15-32(45-39(52)54-18-20-56(5,6)7)37(50)44-33(23-43)38(51)53-17-19-55-4/h8-14,21-22,25,32-33,36,48H,15-20,23-24,26,43H2,1-7H3,(H,44,50)(H,45,52)/t32-,33+,36-/m0/s1. The summed E-state index contributed by atoms with van der Waals surface area (Å²) in [5.41, 5.74) is 6.96. The van der Waals surface area contributed by atoms with Crippen LogP contribution in [0.4, 0.5) is 13.6 Å². The molecule has 0 saturated heterocycles. The van der Waals surface area contributed by atoms with Gasteiger partial charge in [-0.15, -0.1) is 0 Å². The van der Waals surface area contributed by atoms with E-state index in [1.54, 1.807) is 12.3 Å². The number of ether oxygens (including phenoxy) is 2. The fourth-order valence-electron chi connectivity index (χ4n) is 6.08. The Bertz CT molecular complexity index is 1770. The van der Waals surface area contributed by atoms with Crippen LogP contribution in [0.15, 0.2) is 60.8 Å². The molecule has 1 aromatic heterocycles. The predicted molar refractivity (Wildman–Crippen MR) is 218 cm³/mol. The van der Waals surface area contributed by atoms with Gasteiger partial charge in [0, 0.05) is 56.5 Å². The van der Waals surface area contributed by atoms with E-state index in [1.807, 2.05) is 61.9 Å². The van der Waals surface area contributed by atoms with Crippen LogP contribution in [-0.4, -0.2) is 104 Å². The minimum atomic E-state index is -1.57. The summed E-state index contributed by atoms with van der Waals surface area (Å²) >= 11 is 1.48. The van der Waals surface area contributed by atoms with Crippen molar-refractivity contribution in [2.75, 3.05) is 44.9 Å². The SMILES string of the molecule is CSCCOC(=O)[C@@H](CN)NC(=O)[C@H](CCN(C(=O)CO)[C@@H](c1cc(-c2cc(F)ccc2F)cn1Cc1ccccc1)C(C)(C)C)NC(=O)OCC[Si](C)(C)C. The molecule has 1 heterocycles. The monoisotopic (exact) mass is 817 g/mol. The third-order valence-corrected chi connectivity index (χ3v) is 11.2. The number of hydrogen-bond donors (Lipinski definition) is 4. The Kier molecular flexibility index (Phi) is 17.6. The number of thioether (sulfide) groups is 1. The first-order valence-electron chi connectivity index (χ1n) is 18.6. The number of carbonyl (C=O) groups excluding carboxylic acids is 4. The molecule has 16 heteroatoms. The molecule has 0 fully saturated rings. The highest BCUT2D eigenvalue weighted by Crippen LogP contribution is 2.41. The molecule has 56 heavy (non-hydrogen) atoms. The maximum Gasteiger partial charge on any atom is 0.407 e. The molecule has 3 rings (SSSR count). The molecule has 0 spiro atoms. The molecule has 0 unspecified atom stereocenters. The number of aliphatic hydroxyl groups excluding tert-OH is 1. The first-order valence-corrected chi connectivity index (χ1v) is 23.7. The molecule has 0 aliphatic heterocycles. The second-order valence-corrected chi connectivity index (χ2v) is 22.4. The van der Waals surface area contributed by atoms with Crippen molar-refractivity contribution in [1.29, 1.82) is 0 Å². The average Bonchev–Trinajstić information content (AvgIpc) is 3.53. The van der Waals surface area contributed by atoms with Gasteiger partial charge in [0.15, 0.2) is 0 Å². The molecule has 0 saturated carbocycles. The number of carbonyl (C=O) groups is 4. The average molecular weight is 818 g/mol. The zero-order chi connectivity index (χ0) is 41.6. The summed E-state index contributed by atoms with van der Waals surface area (Å²) in [6.45, 7) is 11.3. The number of amides is 3. The van der Waals surface area contributed by atoms with Crippen LogP contribution < -0.4 is 16.4 Å². The van der Waals surface area contributed by atoms with E-state index in [-0.39, 0.29) is 38.3 Å². The molecule has 0 bridgehead atoms. The number of esters is 1. The summed E-state index contributed by atoms with van der Waals surface area (Å²) in [4.78, 5) is 54.8. The van der Waals surface area contributed by atoms with Crippen molar-refractivity contribution in [3.05, 3.63) is 83.7 Å². The van der Waals surface area contributed by atoms with Crippen molar-refractivity contribution in [2.24, 2.45) is 11.1 Å². The van der Waals surface area contributed by atoms with Crippen LogP contribution in [0, 0.1) is 17.0 Å². The number of nitrogens with zero attached hydrogens (tertiary/aromatic N) is 2. The Hall–Kier alpha value is -4.25. The van der Waals surface area contributed by atoms with E-state index >= 15 is 4.39 Å². The van der Waals surface area contributed by atoms with Crippen molar-refractivity contribution in [3.63, 3.8) is 0 Å². The first-order chi connectivity index (χ1) is 26.4. The van der Waals surface area contributed by atoms with Gasteiger partial charge in [-0.2, -0.15) is 11.8 Å². The number of aromatic nitrogens is 1. The van der Waals surface area contributed by atoms with Gasteiger partial charge in [-0.25, -0.2) is 18.4 Å². The van der Waals surface area contributed by atoms with Crippen LogP contribution in [0.5, 0.6) is 0 Å². The highest BCUT2D eigenvalue weighted by atomic mass is 32.2. The minimum Gasteiger partial charge on any atom is -0.463 e. The quantitative estimate of drug-likeness (QED) is 0.0649. The summed E-state index contributed by atoms with van der Waals surface area (Å²) in [6, 6.07) is 11.7. The summed E-state index contributed by atoms with van der Waals surface area (Å²) in [7, 11) is -1.57. The molecular weight excluding hydrogens is 761 g/mol. The lowest BCUT2D eigenvalue weighted by Crippen LogP contribution is -2.55. The molecule has 3 aromatic rings. The maximum absolute atomic E-state index is 15.2. The Balaban J connectivity index is 2.06. The van der Waals surface area contributed by atoms with Crippen LogP contribution in [0.25, 0.3) is 11.1 Å². The van der Waals surface area contributed by atoms with Gasteiger partial charge in [-0.1, -0.05) is 70.7 Å². The number of hydrogen-bond acceptors (Lipinski definition) is 9. The van der Waals surface area contributed by atoms with E-state index < -0.39 is 73.7 Å². The van der Waals surface area contributed by atoms with Gasteiger partial charge in [-0.3, -0.25) is 9.59 Å². The molecule has 0 aliphatic carbocycles. The van der Waals surface area contributed by atoms with Gasteiger partial charge < -0.3 is 40.4 Å². The molecule has 308 valence electrons. The zero-order valence-electron chi connectivity index (χ0n) is 33.4. The lowest BCUT2D eigenvalue weighted by atomic mass is 9.82. The van der Waals surface area contributed by atoms with Crippen LogP contribution in [0.3, 0.4) is 0 Å². The molecular formula is C40H57F2N5O7SSi. The van der Waals surface area contributed by atoms with E-state index in [9.17, 15) is 28.7 Å². The van der Waals surface area contributed by atoms with Gasteiger partial charge >= 0.3 is 12.1 Å². The van der Waals surface area contributed by atoms with E-state index in [1.165, 1.54) is 16.7 Å². The van der Waals surface area contributed by atoms with E-state index in [4.69, 9.17) is 15.2 Å². The summed E-state index contributed by atoms with van der Waals surface area (Å²) in [6.07, 6.45) is 2.52. The van der Waals surface area contributed by atoms with Crippen molar-refractivity contribution in [3.8, 4) is 11.1 Å². The normalized spacial score (nSPS) is 13.3. The number of aliphatic hydroxyl groups is 1. The summed E-state index contributed by atoms with van der Waals surface area (Å²) in [5.74, 6) is -2.88. The van der Waals surface area contributed by atoms with E-state index in [2.05, 4.69) is 30.3 Å². The number of rotatable bonds is 20. The smallest absolute Gasteiger partial charge is 0.407 e. The van der Waals surface area contributed by atoms with Crippen LogP contribution in [0.2, 0.25) is 25.7 Å². The van der Waals surface area contributed by atoms with Gasteiger partial charge in [-0.05, 0) is 54.0 Å². The minimum absolute atomic E-state index is 0.0285. The van der Waals surface area contributed by atoms with Crippen molar-refractivity contribution in [1.82, 2.24) is 20.1 Å².